The first-order valence-corrected chi connectivity index (χ1v) is 7.83. The predicted octanol–water partition coefficient (Wildman–Crippen LogP) is 4.26. The summed E-state index contributed by atoms with van der Waals surface area (Å²) in [6.07, 6.45) is 5.71. The van der Waals surface area contributed by atoms with E-state index in [9.17, 15) is 0 Å². The normalized spacial score (nSPS) is 23.1. The van der Waals surface area contributed by atoms with E-state index >= 15 is 0 Å². The molecule has 0 atom stereocenters. The molecule has 0 aromatic heterocycles. The number of hydrogen-bond donors (Lipinski definition) is 1. The average Bonchev–Trinajstić information content (AvgIpc) is 3.06. The predicted molar refractivity (Wildman–Crippen MR) is 79.9 cm³/mol. The van der Waals surface area contributed by atoms with Gasteiger partial charge in [-0.15, -0.1) is 0 Å². The van der Waals surface area contributed by atoms with Gasteiger partial charge in [-0.3, -0.25) is 0 Å². The first kappa shape index (κ1) is 12.7. The van der Waals surface area contributed by atoms with Crippen LogP contribution in [0.5, 0.6) is 0 Å². The molecule has 1 nitrogen and oxygen atoms in total. The van der Waals surface area contributed by atoms with E-state index in [0.29, 0.717) is 11.5 Å². The second-order valence-electron chi connectivity index (χ2n) is 6.68. The second-order valence-corrected chi connectivity index (χ2v) is 7.59. The lowest BCUT2D eigenvalue weighted by atomic mass is 9.56. The third-order valence-electron chi connectivity index (χ3n) is 4.69. The van der Waals surface area contributed by atoms with Crippen molar-refractivity contribution in [2.45, 2.75) is 51.0 Å². The average molecular weight is 308 g/mol. The molecule has 2 aliphatic rings. The highest BCUT2D eigenvalue weighted by Crippen LogP contribution is 2.68. The Morgan fingerprint density at radius 3 is 2.28 bits per heavy atom. The summed E-state index contributed by atoms with van der Waals surface area (Å²) < 4.78 is 1.18. The van der Waals surface area contributed by atoms with Gasteiger partial charge in [0.25, 0.3) is 0 Å². The van der Waals surface area contributed by atoms with E-state index in [1.54, 1.807) is 0 Å². The summed E-state index contributed by atoms with van der Waals surface area (Å²) in [6.45, 7) is 5.61. The van der Waals surface area contributed by atoms with Crippen LogP contribution in [-0.4, -0.2) is 12.6 Å². The van der Waals surface area contributed by atoms with Crippen molar-refractivity contribution >= 4 is 15.9 Å². The Kier molecular flexibility index (Phi) is 3.06. The molecule has 1 aromatic carbocycles. The Bertz CT molecular complexity index is 423. The molecule has 18 heavy (non-hydrogen) atoms. The summed E-state index contributed by atoms with van der Waals surface area (Å²) in [5.74, 6) is 0. The van der Waals surface area contributed by atoms with Crippen molar-refractivity contribution in [1.82, 2.24) is 5.32 Å². The van der Waals surface area contributed by atoms with Crippen LogP contribution in [0.2, 0.25) is 0 Å². The zero-order valence-electron chi connectivity index (χ0n) is 11.3. The van der Waals surface area contributed by atoms with Crippen molar-refractivity contribution in [2.75, 3.05) is 6.54 Å². The van der Waals surface area contributed by atoms with Gasteiger partial charge in [0.1, 0.15) is 0 Å². The smallest absolute Gasteiger partial charge is 0.0175 e. The number of hydrogen-bond acceptors (Lipinski definition) is 1. The molecular formula is C16H22BrN. The molecule has 0 aliphatic heterocycles. The molecule has 0 unspecified atom stereocenters. The van der Waals surface area contributed by atoms with Crippen LogP contribution in [0.3, 0.4) is 0 Å². The quantitative estimate of drug-likeness (QED) is 0.876. The van der Waals surface area contributed by atoms with Gasteiger partial charge in [-0.25, -0.2) is 0 Å². The minimum absolute atomic E-state index is 0.404. The number of rotatable bonds is 4. The van der Waals surface area contributed by atoms with Gasteiger partial charge in [-0.1, -0.05) is 41.9 Å². The fourth-order valence-electron chi connectivity index (χ4n) is 3.55. The highest BCUT2D eigenvalue weighted by molar-refractivity contribution is 9.10. The Balaban J connectivity index is 1.79. The van der Waals surface area contributed by atoms with E-state index in [-0.39, 0.29) is 0 Å². The lowest BCUT2D eigenvalue weighted by Gasteiger charge is -2.50. The molecule has 0 bridgehead atoms. The fourth-order valence-corrected chi connectivity index (χ4v) is 3.81. The van der Waals surface area contributed by atoms with E-state index in [2.05, 4.69) is 59.4 Å². The summed E-state index contributed by atoms with van der Waals surface area (Å²) in [4.78, 5) is 0. The van der Waals surface area contributed by atoms with Crippen molar-refractivity contribution < 1.29 is 0 Å². The molecule has 1 spiro atoms. The monoisotopic (exact) mass is 307 g/mol. The molecule has 2 fully saturated rings. The maximum absolute atomic E-state index is 3.66. The van der Waals surface area contributed by atoms with Gasteiger partial charge in [-0.05, 0) is 48.8 Å². The van der Waals surface area contributed by atoms with Crippen LogP contribution in [0.15, 0.2) is 28.7 Å². The van der Waals surface area contributed by atoms with Crippen LogP contribution in [0, 0.1) is 5.41 Å². The van der Waals surface area contributed by atoms with Crippen LogP contribution in [0.1, 0.15) is 45.1 Å². The highest BCUT2D eigenvalue weighted by Gasteiger charge is 2.60. The molecule has 2 aliphatic carbocycles. The van der Waals surface area contributed by atoms with Crippen molar-refractivity contribution in [3.63, 3.8) is 0 Å². The fraction of sp³-hybridized carbons (Fsp3) is 0.625. The molecule has 2 saturated carbocycles. The van der Waals surface area contributed by atoms with Gasteiger partial charge in [0.05, 0.1) is 0 Å². The van der Waals surface area contributed by atoms with Crippen LogP contribution in [0.25, 0.3) is 0 Å². The topological polar surface area (TPSA) is 12.0 Å². The summed E-state index contributed by atoms with van der Waals surface area (Å²) in [5, 5.41) is 3.66. The van der Waals surface area contributed by atoms with Gasteiger partial charge < -0.3 is 5.32 Å². The Hall–Kier alpha value is -0.340. The molecule has 0 amide bonds. The largest absolute Gasteiger partial charge is 0.314 e. The standard InChI is InChI=1S/C16H22BrN/c1-12(2)18-11-16(9-15(10-16)7-8-15)13-3-5-14(17)6-4-13/h3-6,12,18H,7-11H2,1-2H3. The zero-order valence-corrected chi connectivity index (χ0v) is 12.9. The van der Waals surface area contributed by atoms with Crippen LogP contribution in [-0.2, 0) is 5.41 Å². The maximum atomic E-state index is 3.66. The van der Waals surface area contributed by atoms with E-state index in [1.165, 1.54) is 35.7 Å². The number of benzene rings is 1. The molecule has 0 saturated heterocycles. The van der Waals surface area contributed by atoms with Crippen molar-refractivity contribution in [3.05, 3.63) is 34.3 Å². The molecule has 0 heterocycles. The maximum Gasteiger partial charge on any atom is 0.0175 e. The number of nitrogens with one attached hydrogen (secondary N) is 1. The van der Waals surface area contributed by atoms with E-state index in [4.69, 9.17) is 0 Å². The number of halogens is 1. The Morgan fingerprint density at radius 2 is 1.78 bits per heavy atom. The molecule has 0 radical (unpaired) electrons. The van der Waals surface area contributed by atoms with Gasteiger partial charge in [0.2, 0.25) is 0 Å². The van der Waals surface area contributed by atoms with Crippen LogP contribution < -0.4 is 5.32 Å². The van der Waals surface area contributed by atoms with Crippen molar-refractivity contribution in [1.29, 1.82) is 0 Å². The lowest BCUT2D eigenvalue weighted by molar-refractivity contribution is 0.114. The van der Waals surface area contributed by atoms with Gasteiger partial charge >= 0.3 is 0 Å². The summed E-state index contributed by atoms with van der Waals surface area (Å²) in [6, 6.07) is 9.56. The van der Waals surface area contributed by atoms with E-state index < -0.39 is 0 Å². The van der Waals surface area contributed by atoms with Crippen molar-refractivity contribution in [2.24, 2.45) is 5.41 Å². The molecule has 3 rings (SSSR count). The van der Waals surface area contributed by atoms with Gasteiger partial charge in [0, 0.05) is 22.5 Å². The van der Waals surface area contributed by atoms with Crippen molar-refractivity contribution in [3.8, 4) is 0 Å². The molecule has 1 N–H and O–H groups in total. The Labute approximate surface area is 118 Å². The third kappa shape index (κ3) is 2.25. The van der Waals surface area contributed by atoms with E-state index in [0.717, 1.165) is 12.0 Å². The molecular weight excluding hydrogens is 286 g/mol. The second kappa shape index (κ2) is 4.35. The summed E-state index contributed by atoms with van der Waals surface area (Å²) >= 11 is 3.53. The molecule has 2 heteroatoms. The van der Waals surface area contributed by atoms with E-state index in [1.807, 2.05) is 0 Å². The van der Waals surface area contributed by atoms with Gasteiger partial charge in [0.15, 0.2) is 0 Å². The third-order valence-corrected chi connectivity index (χ3v) is 5.22. The summed E-state index contributed by atoms with van der Waals surface area (Å²) in [5.41, 5.74) is 2.67. The first-order valence-electron chi connectivity index (χ1n) is 7.03. The van der Waals surface area contributed by atoms with Gasteiger partial charge in [-0.2, -0.15) is 0 Å². The first-order chi connectivity index (χ1) is 8.54. The zero-order chi connectivity index (χ0) is 12.8. The van der Waals surface area contributed by atoms with Crippen LogP contribution >= 0.6 is 15.9 Å². The minimum atomic E-state index is 0.404. The summed E-state index contributed by atoms with van der Waals surface area (Å²) in [7, 11) is 0. The minimum Gasteiger partial charge on any atom is -0.314 e. The Morgan fingerprint density at radius 1 is 1.17 bits per heavy atom. The molecule has 98 valence electrons. The highest BCUT2D eigenvalue weighted by atomic mass is 79.9. The SMILES string of the molecule is CC(C)NCC1(c2ccc(Br)cc2)CC2(CC2)C1. The lowest BCUT2D eigenvalue weighted by Crippen LogP contribution is -2.50. The van der Waals surface area contributed by atoms with Crippen LogP contribution in [0.4, 0.5) is 0 Å². The molecule has 1 aromatic rings.